The van der Waals surface area contributed by atoms with Crippen molar-refractivity contribution in [3.05, 3.63) is 64.7 Å². The number of urea groups is 1. The maximum absolute atomic E-state index is 14.9. The first-order valence-corrected chi connectivity index (χ1v) is 13.7. The van der Waals surface area contributed by atoms with E-state index in [1.807, 2.05) is 13.8 Å². The predicted octanol–water partition coefficient (Wildman–Crippen LogP) is 5.03. The Hall–Kier alpha value is -4.81. The highest BCUT2D eigenvalue weighted by Gasteiger charge is 2.34. The first-order valence-electron chi connectivity index (χ1n) is 13.7. The van der Waals surface area contributed by atoms with Gasteiger partial charge in [-0.3, -0.25) is 4.79 Å². The SMILES string of the molecule is CCCNC(=O)c1ccc(C)c(-c2nc(NCCCN(CC)C(=O)O)nc3c2CNC(=O)N3c2c(F)cccc2F)c1. The maximum Gasteiger partial charge on any atom is 0.407 e. The van der Waals surface area contributed by atoms with E-state index in [4.69, 9.17) is 4.98 Å². The molecule has 2 aromatic carbocycles. The maximum atomic E-state index is 14.9. The van der Waals surface area contributed by atoms with E-state index in [9.17, 15) is 28.3 Å². The van der Waals surface area contributed by atoms with E-state index in [0.29, 0.717) is 41.9 Å². The van der Waals surface area contributed by atoms with Crippen molar-refractivity contribution in [2.75, 3.05) is 36.4 Å². The number of rotatable bonds is 11. The number of anilines is 3. The fourth-order valence-electron chi connectivity index (χ4n) is 4.59. The van der Waals surface area contributed by atoms with Crippen LogP contribution in [0.3, 0.4) is 0 Å². The van der Waals surface area contributed by atoms with E-state index >= 15 is 0 Å². The number of nitrogens with one attached hydrogen (secondary N) is 3. The standard InChI is InChI=1S/C29H33F2N7O4/c1-4-12-32-26(39)18-11-10-17(3)19(15-18)23-20-16-34-28(40)38(24-21(30)8-6-9-22(24)31)25(20)36-27(35-23)33-13-7-14-37(5-2)29(41)42/h6,8-11,15H,4-5,7,12-14,16H2,1-3H3,(H,32,39)(H,34,40)(H,41,42)(H,33,35,36). The molecule has 0 aliphatic carbocycles. The monoisotopic (exact) mass is 581 g/mol. The van der Waals surface area contributed by atoms with Gasteiger partial charge in [0, 0.05) is 42.9 Å². The van der Waals surface area contributed by atoms with Crippen molar-refractivity contribution in [1.29, 1.82) is 0 Å². The number of benzene rings is 2. The molecule has 1 aliphatic rings. The van der Waals surface area contributed by atoms with Gasteiger partial charge in [-0.1, -0.05) is 19.1 Å². The zero-order valence-corrected chi connectivity index (χ0v) is 23.6. The molecule has 0 bridgehead atoms. The van der Waals surface area contributed by atoms with Crippen LogP contribution in [0.15, 0.2) is 36.4 Å². The van der Waals surface area contributed by atoms with Gasteiger partial charge < -0.3 is 26.0 Å². The molecule has 42 heavy (non-hydrogen) atoms. The Morgan fingerprint density at radius 1 is 1.12 bits per heavy atom. The van der Waals surface area contributed by atoms with Gasteiger partial charge in [-0.2, -0.15) is 4.98 Å². The number of carboxylic acid groups (broad SMARTS) is 1. The quantitative estimate of drug-likeness (QED) is 0.233. The summed E-state index contributed by atoms with van der Waals surface area (Å²) in [7, 11) is 0. The number of hydrogen-bond acceptors (Lipinski definition) is 6. The van der Waals surface area contributed by atoms with Gasteiger partial charge in [0.2, 0.25) is 5.95 Å². The molecule has 0 fully saturated rings. The van der Waals surface area contributed by atoms with Crippen LogP contribution in [0.1, 0.15) is 48.2 Å². The van der Waals surface area contributed by atoms with Gasteiger partial charge in [0.25, 0.3) is 5.91 Å². The number of para-hydroxylation sites is 1. The molecule has 4 N–H and O–H groups in total. The molecule has 4 amide bonds. The molecule has 1 aromatic heterocycles. The van der Waals surface area contributed by atoms with Crippen molar-refractivity contribution in [2.24, 2.45) is 0 Å². The highest BCUT2D eigenvalue weighted by atomic mass is 19.1. The molecule has 1 aliphatic heterocycles. The molecule has 2 heterocycles. The van der Waals surface area contributed by atoms with Crippen LogP contribution in [0.4, 0.5) is 35.8 Å². The number of halogens is 2. The van der Waals surface area contributed by atoms with Crippen LogP contribution >= 0.6 is 0 Å². The van der Waals surface area contributed by atoms with E-state index in [-0.39, 0.29) is 37.3 Å². The molecular weight excluding hydrogens is 548 g/mol. The normalized spacial score (nSPS) is 12.4. The fraction of sp³-hybridized carbons (Fsp3) is 0.345. The Morgan fingerprint density at radius 3 is 2.52 bits per heavy atom. The molecule has 0 saturated carbocycles. The lowest BCUT2D eigenvalue weighted by atomic mass is 9.97. The lowest BCUT2D eigenvalue weighted by Crippen LogP contribution is -2.43. The first-order chi connectivity index (χ1) is 20.2. The second-order valence-electron chi connectivity index (χ2n) is 9.69. The summed E-state index contributed by atoms with van der Waals surface area (Å²) in [4.78, 5) is 48.4. The van der Waals surface area contributed by atoms with Crippen LogP contribution in [0.2, 0.25) is 0 Å². The number of aromatic nitrogens is 2. The van der Waals surface area contributed by atoms with Crippen molar-refractivity contribution in [3.63, 3.8) is 0 Å². The minimum atomic E-state index is -1.03. The summed E-state index contributed by atoms with van der Waals surface area (Å²) < 4.78 is 29.9. The molecule has 0 saturated heterocycles. The average Bonchev–Trinajstić information content (AvgIpc) is 2.96. The molecule has 3 aromatic rings. The minimum absolute atomic E-state index is 0.0174. The average molecular weight is 582 g/mol. The molecule has 0 radical (unpaired) electrons. The Labute approximate surface area is 242 Å². The van der Waals surface area contributed by atoms with Crippen LogP contribution in [0, 0.1) is 18.6 Å². The highest BCUT2D eigenvalue weighted by Crippen LogP contribution is 2.39. The largest absolute Gasteiger partial charge is 0.465 e. The molecule has 4 rings (SSSR count). The van der Waals surface area contributed by atoms with Crippen molar-refractivity contribution >= 4 is 35.5 Å². The van der Waals surface area contributed by atoms with E-state index in [1.165, 1.54) is 11.0 Å². The van der Waals surface area contributed by atoms with Gasteiger partial charge in [-0.25, -0.2) is 28.3 Å². The van der Waals surface area contributed by atoms with Gasteiger partial charge in [0.15, 0.2) is 5.82 Å². The smallest absolute Gasteiger partial charge is 0.407 e. The summed E-state index contributed by atoms with van der Waals surface area (Å²) in [6.07, 6.45) is 0.161. The first kappa shape index (κ1) is 30.2. The summed E-state index contributed by atoms with van der Waals surface area (Å²) in [6, 6.07) is 7.68. The predicted molar refractivity (Wildman–Crippen MR) is 154 cm³/mol. The van der Waals surface area contributed by atoms with Crippen molar-refractivity contribution in [2.45, 2.75) is 40.2 Å². The number of nitrogens with zero attached hydrogens (tertiary/aromatic N) is 4. The van der Waals surface area contributed by atoms with Crippen LogP contribution < -0.4 is 20.9 Å². The summed E-state index contributed by atoms with van der Waals surface area (Å²) in [5, 5.41) is 17.8. The second-order valence-corrected chi connectivity index (χ2v) is 9.69. The van der Waals surface area contributed by atoms with Crippen LogP contribution in [0.5, 0.6) is 0 Å². The summed E-state index contributed by atoms with van der Waals surface area (Å²) in [5.74, 6) is -2.12. The van der Waals surface area contributed by atoms with Crippen molar-refractivity contribution in [1.82, 2.24) is 25.5 Å². The zero-order chi connectivity index (χ0) is 30.4. The molecule has 0 unspecified atom stereocenters. The van der Waals surface area contributed by atoms with Gasteiger partial charge in [0.05, 0.1) is 12.2 Å². The second kappa shape index (κ2) is 13.2. The van der Waals surface area contributed by atoms with Gasteiger partial charge in [-0.05, 0) is 56.5 Å². The van der Waals surface area contributed by atoms with Crippen LogP contribution in [-0.4, -0.2) is 64.2 Å². The lowest BCUT2D eigenvalue weighted by molar-refractivity contribution is 0.0953. The Bertz CT molecular complexity index is 1480. The number of carbonyl (C=O) groups is 3. The van der Waals surface area contributed by atoms with E-state index in [1.54, 1.807) is 25.1 Å². The van der Waals surface area contributed by atoms with Crippen molar-refractivity contribution < 1.29 is 28.3 Å². The number of amides is 4. The molecule has 11 nitrogen and oxygen atoms in total. The third-order valence-electron chi connectivity index (χ3n) is 6.81. The summed E-state index contributed by atoms with van der Waals surface area (Å²) in [6.45, 7) is 6.88. The third kappa shape index (κ3) is 6.40. The van der Waals surface area contributed by atoms with Gasteiger partial charge >= 0.3 is 12.1 Å². The zero-order valence-electron chi connectivity index (χ0n) is 23.6. The number of fused-ring (bicyclic) bond motifs is 1. The lowest BCUT2D eigenvalue weighted by Gasteiger charge is -2.31. The van der Waals surface area contributed by atoms with Gasteiger partial charge in [0.1, 0.15) is 17.3 Å². The Balaban J connectivity index is 1.82. The van der Waals surface area contributed by atoms with E-state index < -0.39 is 29.4 Å². The molecule has 13 heteroatoms. The third-order valence-corrected chi connectivity index (χ3v) is 6.81. The minimum Gasteiger partial charge on any atom is -0.465 e. The number of carbonyl (C=O) groups excluding carboxylic acids is 2. The molecule has 0 atom stereocenters. The fourth-order valence-corrected chi connectivity index (χ4v) is 4.59. The topological polar surface area (TPSA) is 140 Å². The van der Waals surface area contributed by atoms with E-state index in [0.717, 1.165) is 29.0 Å². The number of hydrogen-bond donors (Lipinski definition) is 4. The van der Waals surface area contributed by atoms with Crippen molar-refractivity contribution in [3.8, 4) is 11.3 Å². The Morgan fingerprint density at radius 2 is 1.86 bits per heavy atom. The highest BCUT2D eigenvalue weighted by molar-refractivity contribution is 6.02. The Kier molecular flexibility index (Phi) is 9.50. The van der Waals surface area contributed by atoms with E-state index in [2.05, 4.69) is 20.9 Å². The summed E-state index contributed by atoms with van der Waals surface area (Å²) >= 11 is 0. The summed E-state index contributed by atoms with van der Waals surface area (Å²) in [5.41, 5.74) is 1.93. The van der Waals surface area contributed by atoms with Gasteiger partial charge in [-0.15, -0.1) is 0 Å². The molecular formula is C29H33F2N7O4. The molecule has 222 valence electrons. The molecule has 0 spiro atoms. The van der Waals surface area contributed by atoms with Crippen LogP contribution in [-0.2, 0) is 6.54 Å². The van der Waals surface area contributed by atoms with Crippen LogP contribution in [0.25, 0.3) is 11.3 Å². The number of aryl methyl sites for hydroxylation is 1.